The quantitative estimate of drug-likeness (QED) is 0.832. The molecule has 0 radical (unpaired) electrons. The summed E-state index contributed by atoms with van der Waals surface area (Å²) in [6.45, 7) is 1.22. The van der Waals surface area contributed by atoms with E-state index in [0.717, 1.165) is 4.31 Å². The van der Waals surface area contributed by atoms with Gasteiger partial charge >= 0.3 is 11.7 Å². The van der Waals surface area contributed by atoms with Crippen LogP contribution in [-0.4, -0.2) is 41.5 Å². The van der Waals surface area contributed by atoms with E-state index in [9.17, 15) is 18.0 Å². The normalized spacial score (nSPS) is 12.1. The molecule has 0 fully saturated rings. The molecule has 0 saturated carbocycles. The number of hydrogen-bond donors (Lipinski definition) is 1. The maximum atomic E-state index is 12.5. The van der Waals surface area contributed by atoms with Crippen LogP contribution in [0.4, 0.5) is 0 Å². The molecule has 8 nitrogen and oxygen atoms in total. The third-order valence-electron chi connectivity index (χ3n) is 3.19. The molecule has 0 atom stereocenters. The zero-order valence-corrected chi connectivity index (χ0v) is 13.0. The molecule has 0 aliphatic heterocycles. The lowest BCUT2D eigenvalue weighted by molar-refractivity contribution is -0.137. The summed E-state index contributed by atoms with van der Waals surface area (Å²) in [5, 5.41) is 8.86. The monoisotopic (exact) mass is 328 g/mol. The van der Waals surface area contributed by atoms with E-state index in [1.165, 1.54) is 29.8 Å². The summed E-state index contributed by atoms with van der Waals surface area (Å²) in [4.78, 5) is 22.2. The number of aryl methyl sites for hydroxylation is 1. The number of carboxylic acid groups (broad SMARTS) is 1. The summed E-state index contributed by atoms with van der Waals surface area (Å²) in [6, 6.07) is 4.02. The van der Waals surface area contributed by atoms with Crippen LogP contribution in [0.2, 0.25) is 0 Å². The summed E-state index contributed by atoms with van der Waals surface area (Å²) in [5.41, 5.74) is 0.601. The second-order valence-electron chi connectivity index (χ2n) is 4.79. The molecular weight excluding hydrogens is 312 g/mol. The fraction of sp³-hybridized carbons (Fsp3) is 0.385. The van der Waals surface area contributed by atoms with Gasteiger partial charge in [0, 0.05) is 19.7 Å². The Morgan fingerprint density at radius 3 is 2.68 bits per heavy atom. The maximum absolute atomic E-state index is 12.5. The molecule has 1 N–H and O–H groups in total. The van der Waals surface area contributed by atoms with Gasteiger partial charge in [0.1, 0.15) is 6.54 Å². The van der Waals surface area contributed by atoms with Crippen LogP contribution >= 0.6 is 0 Å². The van der Waals surface area contributed by atoms with Gasteiger partial charge in [-0.25, -0.2) is 13.2 Å². The summed E-state index contributed by atoms with van der Waals surface area (Å²) in [6.07, 6.45) is 0.481. The molecule has 0 aliphatic carbocycles. The van der Waals surface area contributed by atoms with Crippen molar-refractivity contribution in [2.24, 2.45) is 7.05 Å². The van der Waals surface area contributed by atoms with Crippen LogP contribution in [0.15, 0.2) is 32.3 Å². The van der Waals surface area contributed by atoms with Gasteiger partial charge in [0.05, 0.1) is 10.4 Å². The zero-order valence-electron chi connectivity index (χ0n) is 12.1. The molecule has 22 heavy (non-hydrogen) atoms. The van der Waals surface area contributed by atoms with E-state index < -0.39 is 28.3 Å². The van der Waals surface area contributed by atoms with Crippen molar-refractivity contribution < 1.29 is 22.7 Å². The van der Waals surface area contributed by atoms with Crippen molar-refractivity contribution in [3.05, 3.63) is 28.7 Å². The Kier molecular flexibility index (Phi) is 4.38. The van der Waals surface area contributed by atoms with Crippen molar-refractivity contribution in [1.29, 1.82) is 0 Å². The molecule has 1 aromatic carbocycles. The Morgan fingerprint density at radius 2 is 2.09 bits per heavy atom. The lowest BCUT2D eigenvalue weighted by Gasteiger charge is -2.19. The Labute approximate surface area is 126 Å². The second kappa shape index (κ2) is 5.93. The number of hydrogen-bond acceptors (Lipinski definition) is 5. The van der Waals surface area contributed by atoms with Crippen LogP contribution in [0.1, 0.15) is 13.3 Å². The van der Waals surface area contributed by atoms with Gasteiger partial charge in [-0.3, -0.25) is 9.36 Å². The van der Waals surface area contributed by atoms with Crippen LogP contribution in [0, 0.1) is 0 Å². The molecule has 1 aromatic heterocycles. The van der Waals surface area contributed by atoms with Crippen LogP contribution in [0.3, 0.4) is 0 Å². The van der Waals surface area contributed by atoms with Crippen LogP contribution in [0.5, 0.6) is 0 Å². The van der Waals surface area contributed by atoms with Gasteiger partial charge in [0.2, 0.25) is 10.0 Å². The minimum Gasteiger partial charge on any atom is -0.480 e. The van der Waals surface area contributed by atoms with Gasteiger partial charge in [0.25, 0.3) is 0 Å². The number of fused-ring (bicyclic) bond motifs is 1. The lowest BCUT2D eigenvalue weighted by atomic mass is 10.3. The number of benzene rings is 1. The summed E-state index contributed by atoms with van der Waals surface area (Å²) >= 11 is 0. The number of rotatable bonds is 6. The number of carbonyl (C=O) groups is 1. The first kappa shape index (κ1) is 16.2. The zero-order chi connectivity index (χ0) is 16.5. The van der Waals surface area contributed by atoms with Crippen molar-refractivity contribution >= 4 is 27.1 Å². The Balaban J connectivity index is 2.51. The Hall–Kier alpha value is -2.13. The molecule has 120 valence electrons. The minimum atomic E-state index is -3.97. The molecule has 0 amide bonds. The number of sulfonamides is 1. The highest BCUT2D eigenvalue weighted by Crippen LogP contribution is 2.21. The number of nitrogens with zero attached hydrogens (tertiary/aromatic N) is 2. The van der Waals surface area contributed by atoms with E-state index in [0.29, 0.717) is 11.9 Å². The van der Waals surface area contributed by atoms with Crippen molar-refractivity contribution in [2.45, 2.75) is 18.2 Å². The molecule has 9 heteroatoms. The van der Waals surface area contributed by atoms with Crippen molar-refractivity contribution in [2.75, 3.05) is 13.1 Å². The van der Waals surface area contributed by atoms with E-state index >= 15 is 0 Å². The van der Waals surface area contributed by atoms with E-state index in [1.54, 1.807) is 6.92 Å². The fourth-order valence-electron chi connectivity index (χ4n) is 2.11. The molecule has 2 aromatic rings. The molecule has 0 aliphatic rings. The topological polar surface area (TPSA) is 110 Å². The summed E-state index contributed by atoms with van der Waals surface area (Å²) < 4.78 is 32.2. The minimum absolute atomic E-state index is 0.0887. The van der Waals surface area contributed by atoms with Gasteiger partial charge < -0.3 is 9.52 Å². The Morgan fingerprint density at radius 1 is 1.41 bits per heavy atom. The van der Waals surface area contributed by atoms with E-state index in [2.05, 4.69) is 0 Å². The van der Waals surface area contributed by atoms with Crippen molar-refractivity contribution in [3.63, 3.8) is 0 Å². The fourth-order valence-corrected chi connectivity index (χ4v) is 3.61. The van der Waals surface area contributed by atoms with Gasteiger partial charge in [-0.1, -0.05) is 6.92 Å². The van der Waals surface area contributed by atoms with Crippen LogP contribution in [0.25, 0.3) is 11.1 Å². The number of carboxylic acids is 1. The number of oxazole rings is 1. The molecule has 0 spiro atoms. The molecular formula is C13H16N2O6S. The van der Waals surface area contributed by atoms with Crippen molar-refractivity contribution in [3.8, 4) is 0 Å². The first-order chi connectivity index (χ1) is 10.3. The summed E-state index contributed by atoms with van der Waals surface area (Å²) in [5.74, 6) is -1.83. The molecule has 0 bridgehead atoms. The molecule has 1 heterocycles. The highest BCUT2D eigenvalue weighted by molar-refractivity contribution is 7.89. The predicted molar refractivity (Wildman–Crippen MR) is 78.1 cm³/mol. The van der Waals surface area contributed by atoms with Crippen molar-refractivity contribution in [1.82, 2.24) is 8.87 Å². The van der Waals surface area contributed by atoms with Gasteiger partial charge in [0.15, 0.2) is 5.58 Å². The standard InChI is InChI=1S/C13H16N2O6S/c1-3-6-15(8-12(16)17)22(19,20)9-4-5-10-11(7-9)21-13(18)14(10)2/h4-5,7H,3,6,8H2,1-2H3,(H,16,17). The van der Waals surface area contributed by atoms with E-state index in [1.807, 2.05) is 0 Å². The van der Waals surface area contributed by atoms with Gasteiger partial charge in [-0.05, 0) is 18.6 Å². The van der Waals surface area contributed by atoms with Crippen LogP contribution in [-0.2, 0) is 21.9 Å². The third-order valence-corrected chi connectivity index (χ3v) is 5.03. The molecule has 0 saturated heterocycles. The third kappa shape index (κ3) is 2.90. The predicted octanol–water partition coefficient (Wildman–Crippen LogP) is 0.617. The first-order valence-corrected chi connectivity index (χ1v) is 8.03. The average molecular weight is 328 g/mol. The van der Waals surface area contributed by atoms with Gasteiger partial charge in [-0.2, -0.15) is 4.31 Å². The highest BCUT2D eigenvalue weighted by Gasteiger charge is 2.26. The highest BCUT2D eigenvalue weighted by atomic mass is 32.2. The molecule has 2 rings (SSSR count). The largest absolute Gasteiger partial charge is 0.480 e. The smallest absolute Gasteiger partial charge is 0.419 e. The first-order valence-electron chi connectivity index (χ1n) is 6.59. The SMILES string of the molecule is CCCN(CC(=O)O)S(=O)(=O)c1ccc2c(c1)oc(=O)n2C. The second-order valence-corrected chi connectivity index (χ2v) is 6.73. The number of aromatic nitrogens is 1. The lowest BCUT2D eigenvalue weighted by Crippen LogP contribution is -2.36. The summed E-state index contributed by atoms with van der Waals surface area (Å²) in [7, 11) is -2.46. The average Bonchev–Trinajstić information content (AvgIpc) is 2.72. The van der Waals surface area contributed by atoms with E-state index in [4.69, 9.17) is 9.52 Å². The van der Waals surface area contributed by atoms with Crippen LogP contribution < -0.4 is 5.76 Å². The number of aliphatic carboxylic acids is 1. The maximum Gasteiger partial charge on any atom is 0.419 e. The Bertz CT molecular complexity index is 864. The van der Waals surface area contributed by atoms with Gasteiger partial charge in [-0.15, -0.1) is 0 Å². The molecule has 0 unspecified atom stereocenters. The van der Waals surface area contributed by atoms with E-state index in [-0.39, 0.29) is 17.0 Å².